The van der Waals surface area contributed by atoms with Crippen LogP contribution in [0.15, 0.2) is 91.5 Å². The highest BCUT2D eigenvalue weighted by molar-refractivity contribution is 5.77. The van der Waals surface area contributed by atoms with E-state index in [0.717, 1.165) is 11.5 Å². The molecule has 0 saturated heterocycles. The summed E-state index contributed by atoms with van der Waals surface area (Å²) in [5, 5.41) is 0. The van der Waals surface area contributed by atoms with Crippen LogP contribution in [-0.4, -0.2) is 0 Å². The predicted octanol–water partition coefficient (Wildman–Crippen LogP) is 9.68. The highest BCUT2D eigenvalue weighted by Gasteiger charge is 2.08. The van der Waals surface area contributed by atoms with Crippen molar-refractivity contribution in [3.05, 3.63) is 114 Å². The Hall–Kier alpha value is -2.60. The standard InChI is InChI=1S/C33H42/c1-3-16-30(27-31-19-12-8-13-20-31)18-11-7-5-4-6-10-17-29-23-25-33(26-24-29)28(2)32-21-14-9-15-22-32/h8-9,12-15,19-26,30H,2-7,10-11,16-18,27H2,1H3. The maximum Gasteiger partial charge on any atom is -0.0183 e. The van der Waals surface area contributed by atoms with E-state index in [4.69, 9.17) is 0 Å². The third-order valence-electron chi connectivity index (χ3n) is 6.82. The average Bonchev–Trinajstić information content (AvgIpc) is 2.87. The Balaban J connectivity index is 1.27. The number of hydrogen-bond donors (Lipinski definition) is 0. The summed E-state index contributed by atoms with van der Waals surface area (Å²) >= 11 is 0. The van der Waals surface area contributed by atoms with Crippen LogP contribution in [0.5, 0.6) is 0 Å². The van der Waals surface area contributed by atoms with Crippen molar-refractivity contribution in [1.29, 1.82) is 0 Å². The predicted molar refractivity (Wildman–Crippen MR) is 146 cm³/mol. The monoisotopic (exact) mass is 438 g/mol. The first kappa shape index (κ1) is 25.0. The van der Waals surface area contributed by atoms with Gasteiger partial charge in [0.1, 0.15) is 0 Å². The molecule has 0 amide bonds. The molecule has 1 atom stereocenters. The Morgan fingerprint density at radius 2 is 1.18 bits per heavy atom. The van der Waals surface area contributed by atoms with Crippen LogP contribution < -0.4 is 0 Å². The van der Waals surface area contributed by atoms with Crippen molar-refractivity contribution < 1.29 is 0 Å². The number of hydrogen-bond acceptors (Lipinski definition) is 0. The summed E-state index contributed by atoms with van der Waals surface area (Å²) in [4.78, 5) is 0. The molecule has 0 radical (unpaired) electrons. The van der Waals surface area contributed by atoms with E-state index in [1.54, 1.807) is 0 Å². The molecule has 1 unspecified atom stereocenters. The second kappa shape index (κ2) is 14.5. The number of aryl methyl sites for hydroxylation is 1. The fourth-order valence-electron chi connectivity index (χ4n) is 4.85. The Morgan fingerprint density at radius 3 is 1.85 bits per heavy atom. The van der Waals surface area contributed by atoms with Gasteiger partial charge in [0, 0.05) is 0 Å². The highest BCUT2D eigenvalue weighted by Crippen LogP contribution is 2.23. The molecule has 0 bridgehead atoms. The van der Waals surface area contributed by atoms with E-state index in [1.807, 2.05) is 0 Å². The van der Waals surface area contributed by atoms with Gasteiger partial charge in [0.15, 0.2) is 0 Å². The van der Waals surface area contributed by atoms with Crippen LogP contribution in [0.1, 0.15) is 87.0 Å². The number of rotatable bonds is 15. The Kier molecular flexibility index (Phi) is 11.0. The van der Waals surface area contributed by atoms with E-state index in [0.29, 0.717) is 0 Å². The lowest BCUT2D eigenvalue weighted by atomic mass is 9.90. The first-order chi connectivity index (χ1) is 16.3. The van der Waals surface area contributed by atoms with E-state index >= 15 is 0 Å². The normalized spacial score (nSPS) is 11.9. The minimum atomic E-state index is 0.860. The van der Waals surface area contributed by atoms with Gasteiger partial charge in [0.05, 0.1) is 0 Å². The van der Waals surface area contributed by atoms with Crippen molar-refractivity contribution in [3.63, 3.8) is 0 Å². The smallest absolute Gasteiger partial charge is 0.0183 e. The van der Waals surface area contributed by atoms with Crippen LogP contribution in [0, 0.1) is 5.92 Å². The molecule has 0 aliphatic rings. The highest BCUT2D eigenvalue weighted by atomic mass is 14.1. The summed E-state index contributed by atoms with van der Waals surface area (Å²) in [5.74, 6) is 0.860. The molecule has 3 aromatic carbocycles. The van der Waals surface area contributed by atoms with E-state index in [-0.39, 0.29) is 0 Å². The summed E-state index contributed by atoms with van der Waals surface area (Å²) < 4.78 is 0. The van der Waals surface area contributed by atoms with Gasteiger partial charge >= 0.3 is 0 Å². The van der Waals surface area contributed by atoms with E-state index in [2.05, 4.69) is 98.4 Å². The SMILES string of the molecule is C=C(c1ccccc1)c1ccc(CCCCCCCCC(CCC)Cc2ccccc2)cc1. The molecule has 0 aromatic heterocycles. The van der Waals surface area contributed by atoms with Gasteiger partial charge in [-0.25, -0.2) is 0 Å². The van der Waals surface area contributed by atoms with Crippen molar-refractivity contribution >= 4 is 5.57 Å². The van der Waals surface area contributed by atoms with Crippen molar-refractivity contribution in [3.8, 4) is 0 Å². The molecule has 0 heteroatoms. The minimum Gasteiger partial charge on any atom is -0.0906 e. The third kappa shape index (κ3) is 9.04. The molecule has 0 fully saturated rings. The van der Waals surface area contributed by atoms with Crippen molar-refractivity contribution in [2.45, 2.75) is 77.6 Å². The van der Waals surface area contributed by atoms with Gasteiger partial charge in [0.25, 0.3) is 0 Å². The Labute approximate surface area is 202 Å². The molecule has 0 N–H and O–H groups in total. The van der Waals surface area contributed by atoms with Crippen molar-refractivity contribution in [1.82, 2.24) is 0 Å². The average molecular weight is 439 g/mol. The summed E-state index contributed by atoms with van der Waals surface area (Å²) in [6.45, 7) is 6.60. The van der Waals surface area contributed by atoms with E-state index in [1.165, 1.54) is 92.9 Å². The second-order valence-corrected chi connectivity index (χ2v) is 9.55. The second-order valence-electron chi connectivity index (χ2n) is 9.55. The zero-order valence-corrected chi connectivity index (χ0v) is 20.6. The molecule has 3 rings (SSSR count). The van der Waals surface area contributed by atoms with E-state index in [9.17, 15) is 0 Å². The van der Waals surface area contributed by atoms with Crippen molar-refractivity contribution in [2.75, 3.05) is 0 Å². The Bertz CT molecular complexity index is 905. The molecule has 0 heterocycles. The Morgan fingerprint density at radius 1 is 0.606 bits per heavy atom. The lowest BCUT2D eigenvalue weighted by Crippen LogP contribution is -2.04. The van der Waals surface area contributed by atoms with Crippen molar-refractivity contribution in [2.24, 2.45) is 5.92 Å². The molecule has 0 saturated carbocycles. The van der Waals surface area contributed by atoms with Gasteiger partial charge in [0.2, 0.25) is 0 Å². The maximum absolute atomic E-state index is 4.28. The molecular formula is C33H42. The molecule has 174 valence electrons. The summed E-state index contributed by atoms with van der Waals surface area (Å²) in [6, 6.07) is 30.5. The zero-order valence-electron chi connectivity index (χ0n) is 20.6. The van der Waals surface area contributed by atoms with E-state index < -0.39 is 0 Å². The molecule has 33 heavy (non-hydrogen) atoms. The van der Waals surface area contributed by atoms with Crippen LogP contribution in [0.3, 0.4) is 0 Å². The van der Waals surface area contributed by atoms with Gasteiger partial charge in [-0.05, 0) is 53.0 Å². The number of unbranched alkanes of at least 4 members (excludes halogenated alkanes) is 5. The van der Waals surface area contributed by atoms with Crippen LogP contribution in [0.25, 0.3) is 5.57 Å². The molecule has 0 nitrogen and oxygen atoms in total. The quantitative estimate of drug-likeness (QED) is 0.207. The zero-order chi connectivity index (χ0) is 23.1. The minimum absolute atomic E-state index is 0.860. The van der Waals surface area contributed by atoms with Gasteiger partial charge in [-0.2, -0.15) is 0 Å². The fraction of sp³-hybridized carbons (Fsp3) is 0.394. The van der Waals surface area contributed by atoms with Gasteiger partial charge < -0.3 is 0 Å². The van der Waals surface area contributed by atoms with Crippen LogP contribution in [0.2, 0.25) is 0 Å². The molecular weight excluding hydrogens is 396 g/mol. The molecule has 3 aromatic rings. The lowest BCUT2D eigenvalue weighted by Gasteiger charge is -2.16. The first-order valence-electron chi connectivity index (χ1n) is 13.1. The molecule has 0 aliphatic heterocycles. The topological polar surface area (TPSA) is 0 Å². The summed E-state index contributed by atoms with van der Waals surface area (Å²) in [5.41, 5.74) is 6.48. The summed E-state index contributed by atoms with van der Waals surface area (Å²) in [6.07, 6.45) is 14.7. The van der Waals surface area contributed by atoms with Gasteiger partial charge in [-0.1, -0.05) is 150 Å². The summed E-state index contributed by atoms with van der Waals surface area (Å²) in [7, 11) is 0. The lowest BCUT2D eigenvalue weighted by molar-refractivity contribution is 0.417. The van der Waals surface area contributed by atoms with Gasteiger partial charge in [-0.15, -0.1) is 0 Å². The number of benzene rings is 3. The van der Waals surface area contributed by atoms with Crippen LogP contribution in [-0.2, 0) is 12.8 Å². The largest absolute Gasteiger partial charge is 0.0906 e. The van der Waals surface area contributed by atoms with Crippen LogP contribution in [0.4, 0.5) is 0 Å². The maximum atomic E-state index is 4.28. The fourth-order valence-corrected chi connectivity index (χ4v) is 4.85. The van der Waals surface area contributed by atoms with Gasteiger partial charge in [-0.3, -0.25) is 0 Å². The molecule has 0 spiro atoms. The van der Waals surface area contributed by atoms with Crippen LogP contribution >= 0.6 is 0 Å². The molecule has 0 aliphatic carbocycles. The first-order valence-corrected chi connectivity index (χ1v) is 13.1. The third-order valence-corrected chi connectivity index (χ3v) is 6.82.